The quantitative estimate of drug-likeness (QED) is 0.815. The lowest BCUT2D eigenvalue weighted by atomic mass is 9.88. The summed E-state index contributed by atoms with van der Waals surface area (Å²) < 4.78 is 0. The van der Waals surface area contributed by atoms with Gasteiger partial charge in [-0.3, -0.25) is 0 Å². The van der Waals surface area contributed by atoms with Gasteiger partial charge in [-0.1, -0.05) is 19.3 Å². The summed E-state index contributed by atoms with van der Waals surface area (Å²) in [5.41, 5.74) is 6.18. The molecule has 0 aliphatic heterocycles. The first-order chi connectivity index (χ1) is 7.81. The molecule has 0 radical (unpaired) electrons. The SMILES string of the molecule is NCCc1nc(C2CCCCC2)ncc1O. The van der Waals surface area contributed by atoms with Crippen LogP contribution < -0.4 is 5.73 Å². The maximum atomic E-state index is 9.58. The van der Waals surface area contributed by atoms with E-state index in [1.807, 2.05) is 0 Å². The highest BCUT2D eigenvalue weighted by Crippen LogP contribution is 2.31. The molecule has 0 aromatic carbocycles. The first kappa shape index (κ1) is 11.3. The number of aromatic nitrogens is 2. The lowest BCUT2D eigenvalue weighted by Crippen LogP contribution is -2.12. The van der Waals surface area contributed by atoms with Gasteiger partial charge in [-0.05, 0) is 19.4 Å². The summed E-state index contributed by atoms with van der Waals surface area (Å²) in [6, 6.07) is 0. The molecule has 16 heavy (non-hydrogen) atoms. The lowest BCUT2D eigenvalue weighted by molar-refractivity contribution is 0.419. The Bertz CT molecular complexity index is 348. The normalized spacial score (nSPS) is 17.6. The standard InChI is InChI=1S/C12H19N3O/c13-7-6-10-11(16)8-14-12(15-10)9-4-2-1-3-5-9/h8-9,16H,1-7,13H2. The monoisotopic (exact) mass is 221 g/mol. The van der Waals surface area contributed by atoms with E-state index in [1.54, 1.807) is 0 Å². The van der Waals surface area contributed by atoms with E-state index in [2.05, 4.69) is 9.97 Å². The van der Waals surface area contributed by atoms with Crippen molar-refractivity contribution in [3.05, 3.63) is 17.7 Å². The molecule has 3 N–H and O–H groups in total. The van der Waals surface area contributed by atoms with Crippen molar-refractivity contribution < 1.29 is 5.11 Å². The fourth-order valence-corrected chi connectivity index (χ4v) is 2.30. The Morgan fingerprint density at radius 2 is 2.06 bits per heavy atom. The summed E-state index contributed by atoms with van der Waals surface area (Å²) in [4.78, 5) is 8.69. The van der Waals surface area contributed by atoms with Crippen LogP contribution in [-0.4, -0.2) is 21.6 Å². The zero-order valence-electron chi connectivity index (χ0n) is 9.52. The number of aromatic hydroxyl groups is 1. The van der Waals surface area contributed by atoms with Gasteiger partial charge < -0.3 is 10.8 Å². The largest absolute Gasteiger partial charge is 0.504 e. The molecule has 1 aliphatic rings. The van der Waals surface area contributed by atoms with E-state index in [9.17, 15) is 5.11 Å². The van der Waals surface area contributed by atoms with E-state index in [4.69, 9.17) is 5.73 Å². The van der Waals surface area contributed by atoms with Gasteiger partial charge >= 0.3 is 0 Å². The lowest BCUT2D eigenvalue weighted by Gasteiger charge is -2.20. The van der Waals surface area contributed by atoms with Crippen molar-refractivity contribution in [1.29, 1.82) is 0 Å². The third kappa shape index (κ3) is 2.50. The summed E-state index contributed by atoms with van der Waals surface area (Å²) in [6.45, 7) is 0.509. The molecule has 88 valence electrons. The second-order valence-electron chi connectivity index (χ2n) is 4.43. The summed E-state index contributed by atoms with van der Waals surface area (Å²) in [6.07, 6.45) is 8.34. The zero-order valence-corrected chi connectivity index (χ0v) is 9.52. The number of hydrogen-bond donors (Lipinski definition) is 2. The van der Waals surface area contributed by atoms with E-state index >= 15 is 0 Å². The van der Waals surface area contributed by atoms with E-state index in [-0.39, 0.29) is 5.75 Å². The molecule has 0 unspecified atom stereocenters. The van der Waals surface area contributed by atoms with E-state index < -0.39 is 0 Å². The van der Waals surface area contributed by atoms with Crippen LogP contribution >= 0.6 is 0 Å². The molecule has 1 aromatic rings. The Morgan fingerprint density at radius 3 is 2.75 bits per heavy atom. The molecule has 1 heterocycles. The number of rotatable bonds is 3. The third-order valence-corrected chi connectivity index (χ3v) is 3.22. The average Bonchev–Trinajstić information content (AvgIpc) is 2.33. The molecule has 4 heteroatoms. The van der Waals surface area contributed by atoms with Crippen molar-refractivity contribution in [2.75, 3.05) is 6.54 Å². The van der Waals surface area contributed by atoms with Crippen LogP contribution in [0.2, 0.25) is 0 Å². The fraction of sp³-hybridized carbons (Fsp3) is 0.667. The highest BCUT2D eigenvalue weighted by atomic mass is 16.3. The Kier molecular flexibility index (Phi) is 3.72. The molecular weight excluding hydrogens is 202 g/mol. The highest BCUT2D eigenvalue weighted by molar-refractivity contribution is 5.24. The molecule has 4 nitrogen and oxygen atoms in total. The molecule has 1 aromatic heterocycles. The average molecular weight is 221 g/mol. The summed E-state index contributed by atoms with van der Waals surface area (Å²) in [5, 5.41) is 9.58. The Labute approximate surface area is 95.9 Å². The number of nitrogens with zero attached hydrogens (tertiary/aromatic N) is 2. The minimum atomic E-state index is 0.171. The van der Waals surface area contributed by atoms with Gasteiger partial charge in [-0.2, -0.15) is 0 Å². The predicted octanol–water partition coefficient (Wildman–Crippen LogP) is 1.73. The van der Waals surface area contributed by atoms with E-state index in [0.717, 1.165) is 5.82 Å². The molecule has 1 fully saturated rings. The molecule has 0 amide bonds. The molecule has 2 rings (SSSR count). The van der Waals surface area contributed by atoms with Crippen molar-refractivity contribution in [2.24, 2.45) is 5.73 Å². The molecule has 1 saturated carbocycles. The Morgan fingerprint density at radius 1 is 1.31 bits per heavy atom. The zero-order chi connectivity index (χ0) is 11.4. The topological polar surface area (TPSA) is 72.0 Å². The second-order valence-corrected chi connectivity index (χ2v) is 4.43. The minimum absolute atomic E-state index is 0.171. The molecule has 1 aliphatic carbocycles. The van der Waals surface area contributed by atoms with Crippen LogP contribution in [0.3, 0.4) is 0 Å². The van der Waals surface area contributed by atoms with Gasteiger partial charge in [0.2, 0.25) is 0 Å². The summed E-state index contributed by atoms with van der Waals surface area (Å²) >= 11 is 0. The van der Waals surface area contributed by atoms with Crippen LogP contribution in [0.5, 0.6) is 5.75 Å². The molecule has 0 bridgehead atoms. The fourth-order valence-electron chi connectivity index (χ4n) is 2.30. The van der Waals surface area contributed by atoms with E-state index in [0.29, 0.717) is 24.6 Å². The van der Waals surface area contributed by atoms with Crippen molar-refractivity contribution in [2.45, 2.75) is 44.4 Å². The first-order valence-corrected chi connectivity index (χ1v) is 6.06. The molecule has 0 atom stereocenters. The van der Waals surface area contributed by atoms with Crippen LogP contribution in [0.25, 0.3) is 0 Å². The maximum absolute atomic E-state index is 9.58. The van der Waals surface area contributed by atoms with Crippen LogP contribution in [-0.2, 0) is 6.42 Å². The summed E-state index contributed by atoms with van der Waals surface area (Å²) in [5.74, 6) is 1.54. The van der Waals surface area contributed by atoms with Crippen molar-refractivity contribution in [3.63, 3.8) is 0 Å². The highest BCUT2D eigenvalue weighted by Gasteiger charge is 2.19. The third-order valence-electron chi connectivity index (χ3n) is 3.22. The smallest absolute Gasteiger partial charge is 0.155 e. The minimum Gasteiger partial charge on any atom is -0.504 e. The number of hydrogen-bond acceptors (Lipinski definition) is 4. The molecule has 0 saturated heterocycles. The van der Waals surface area contributed by atoms with Crippen LogP contribution in [0.4, 0.5) is 0 Å². The van der Waals surface area contributed by atoms with Crippen LogP contribution in [0.1, 0.15) is 49.5 Å². The van der Waals surface area contributed by atoms with Gasteiger partial charge in [-0.15, -0.1) is 0 Å². The van der Waals surface area contributed by atoms with Gasteiger partial charge in [-0.25, -0.2) is 9.97 Å². The van der Waals surface area contributed by atoms with Crippen LogP contribution in [0, 0.1) is 0 Å². The van der Waals surface area contributed by atoms with Gasteiger partial charge in [0.05, 0.1) is 11.9 Å². The first-order valence-electron chi connectivity index (χ1n) is 6.06. The van der Waals surface area contributed by atoms with Crippen LogP contribution in [0.15, 0.2) is 6.20 Å². The van der Waals surface area contributed by atoms with Crippen molar-refractivity contribution in [3.8, 4) is 5.75 Å². The Hall–Kier alpha value is -1.16. The summed E-state index contributed by atoms with van der Waals surface area (Å²) in [7, 11) is 0. The maximum Gasteiger partial charge on any atom is 0.155 e. The molecule has 0 spiro atoms. The molecular formula is C12H19N3O. The van der Waals surface area contributed by atoms with Gasteiger partial charge in [0, 0.05) is 12.3 Å². The van der Waals surface area contributed by atoms with Crippen molar-refractivity contribution in [1.82, 2.24) is 9.97 Å². The van der Waals surface area contributed by atoms with Gasteiger partial charge in [0.25, 0.3) is 0 Å². The number of nitrogens with two attached hydrogens (primary N) is 1. The van der Waals surface area contributed by atoms with E-state index in [1.165, 1.54) is 38.3 Å². The van der Waals surface area contributed by atoms with Crippen molar-refractivity contribution >= 4 is 0 Å². The second kappa shape index (κ2) is 5.25. The van der Waals surface area contributed by atoms with Gasteiger partial charge in [0.15, 0.2) is 5.75 Å². The van der Waals surface area contributed by atoms with Gasteiger partial charge in [0.1, 0.15) is 5.82 Å². The predicted molar refractivity (Wildman–Crippen MR) is 62.3 cm³/mol. The Balaban J connectivity index is 2.17.